The van der Waals surface area contributed by atoms with Crippen molar-refractivity contribution in [2.75, 3.05) is 19.6 Å². The van der Waals surface area contributed by atoms with Crippen molar-refractivity contribution in [2.24, 2.45) is 5.92 Å². The zero-order valence-electron chi connectivity index (χ0n) is 11.1. The van der Waals surface area contributed by atoms with E-state index in [0.29, 0.717) is 11.6 Å². The Kier molecular flexibility index (Phi) is 4.60. The summed E-state index contributed by atoms with van der Waals surface area (Å²) in [7, 11) is 0. The van der Waals surface area contributed by atoms with Crippen LogP contribution in [0.2, 0.25) is 0 Å². The molecule has 15 heavy (non-hydrogen) atoms. The van der Waals surface area contributed by atoms with E-state index in [9.17, 15) is 0 Å². The summed E-state index contributed by atoms with van der Waals surface area (Å²) in [5, 5.41) is 3.69. The van der Waals surface area contributed by atoms with E-state index in [-0.39, 0.29) is 0 Å². The number of hydrogen-bond donors (Lipinski definition) is 1. The fourth-order valence-electron chi connectivity index (χ4n) is 2.23. The third kappa shape index (κ3) is 3.76. The molecule has 1 saturated heterocycles. The molecule has 0 bridgehead atoms. The van der Waals surface area contributed by atoms with Crippen LogP contribution in [0.25, 0.3) is 0 Å². The Morgan fingerprint density at radius 3 is 2.60 bits per heavy atom. The molecule has 1 heterocycles. The summed E-state index contributed by atoms with van der Waals surface area (Å²) in [4.78, 5) is 2.63. The Hall–Kier alpha value is -0.0800. The maximum Gasteiger partial charge on any atom is 0.0220 e. The molecule has 0 aromatic carbocycles. The average molecular weight is 212 g/mol. The van der Waals surface area contributed by atoms with Gasteiger partial charge in [0.2, 0.25) is 0 Å². The van der Waals surface area contributed by atoms with Crippen LogP contribution in [0, 0.1) is 5.92 Å². The molecule has 2 heteroatoms. The van der Waals surface area contributed by atoms with Gasteiger partial charge in [-0.3, -0.25) is 4.90 Å². The standard InChI is InChI=1S/C13H28N2/c1-6-11(2)12-10-15(13(3,4)5)9-7-8-14-12/h11-12,14H,6-10H2,1-5H3. The van der Waals surface area contributed by atoms with Gasteiger partial charge in [0.05, 0.1) is 0 Å². The van der Waals surface area contributed by atoms with Gasteiger partial charge in [-0.25, -0.2) is 0 Å². The lowest BCUT2D eigenvalue weighted by molar-refractivity contribution is 0.124. The van der Waals surface area contributed by atoms with Gasteiger partial charge in [0, 0.05) is 18.1 Å². The van der Waals surface area contributed by atoms with Crippen LogP contribution in [0.4, 0.5) is 0 Å². The minimum atomic E-state index is 0.317. The predicted octanol–water partition coefficient (Wildman–Crippen LogP) is 2.49. The Morgan fingerprint density at radius 2 is 2.07 bits per heavy atom. The van der Waals surface area contributed by atoms with Crippen LogP contribution in [0.3, 0.4) is 0 Å². The van der Waals surface area contributed by atoms with Crippen molar-refractivity contribution >= 4 is 0 Å². The van der Waals surface area contributed by atoms with E-state index in [2.05, 4.69) is 44.8 Å². The van der Waals surface area contributed by atoms with E-state index in [1.807, 2.05) is 0 Å². The molecule has 1 rings (SSSR count). The minimum absolute atomic E-state index is 0.317. The Morgan fingerprint density at radius 1 is 1.40 bits per heavy atom. The van der Waals surface area contributed by atoms with Crippen LogP contribution >= 0.6 is 0 Å². The second-order valence-corrected chi connectivity index (χ2v) is 5.92. The monoisotopic (exact) mass is 212 g/mol. The summed E-state index contributed by atoms with van der Waals surface area (Å²) < 4.78 is 0. The summed E-state index contributed by atoms with van der Waals surface area (Å²) in [6, 6.07) is 0.678. The normalized spacial score (nSPS) is 27.4. The first kappa shape index (κ1) is 13.0. The zero-order chi connectivity index (χ0) is 11.5. The highest BCUT2D eigenvalue weighted by Gasteiger charge is 2.27. The summed E-state index contributed by atoms with van der Waals surface area (Å²) in [5.41, 5.74) is 0.317. The highest BCUT2D eigenvalue weighted by molar-refractivity contribution is 4.86. The Labute approximate surface area is 95.4 Å². The van der Waals surface area contributed by atoms with Crippen molar-refractivity contribution in [3.8, 4) is 0 Å². The van der Waals surface area contributed by atoms with E-state index in [1.54, 1.807) is 0 Å². The van der Waals surface area contributed by atoms with Gasteiger partial charge in [-0.2, -0.15) is 0 Å². The smallest absolute Gasteiger partial charge is 0.0220 e. The molecule has 0 saturated carbocycles. The molecule has 1 aliphatic heterocycles. The van der Waals surface area contributed by atoms with Crippen LogP contribution in [0.1, 0.15) is 47.5 Å². The molecule has 2 atom stereocenters. The number of hydrogen-bond acceptors (Lipinski definition) is 2. The van der Waals surface area contributed by atoms with Gasteiger partial charge in [0.25, 0.3) is 0 Å². The lowest BCUT2D eigenvalue weighted by Crippen LogP contribution is -2.48. The SMILES string of the molecule is CCC(C)C1CN(C(C)(C)C)CCCN1. The van der Waals surface area contributed by atoms with Crippen molar-refractivity contribution in [2.45, 2.75) is 59.0 Å². The van der Waals surface area contributed by atoms with Crippen LogP contribution in [0.5, 0.6) is 0 Å². The molecular weight excluding hydrogens is 184 g/mol. The van der Waals surface area contributed by atoms with E-state index >= 15 is 0 Å². The molecule has 0 aromatic heterocycles. The fourth-order valence-corrected chi connectivity index (χ4v) is 2.23. The molecule has 1 fully saturated rings. The molecule has 0 amide bonds. The van der Waals surface area contributed by atoms with E-state index in [0.717, 1.165) is 5.92 Å². The van der Waals surface area contributed by atoms with Gasteiger partial charge in [0.1, 0.15) is 0 Å². The second-order valence-electron chi connectivity index (χ2n) is 5.92. The molecular formula is C13H28N2. The van der Waals surface area contributed by atoms with E-state index in [1.165, 1.54) is 32.5 Å². The summed E-state index contributed by atoms with van der Waals surface area (Å²) in [6.45, 7) is 15.3. The quantitative estimate of drug-likeness (QED) is 0.756. The van der Waals surface area contributed by atoms with Crippen molar-refractivity contribution in [3.05, 3.63) is 0 Å². The third-order valence-corrected chi connectivity index (χ3v) is 3.71. The molecule has 0 aromatic rings. The molecule has 0 spiro atoms. The topological polar surface area (TPSA) is 15.3 Å². The molecule has 2 nitrogen and oxygen atoms in total. The van der Waals surface area contributed by atoms with Gasteiger partial charge in [-0.1, -0.05) is 20.3 Å². The summed E-state index contributed by atoms with van der Waals surface area (Å²) >= 11 is 0. The fraction of sp³-hybridized carbons (Fsp3) is 1.00. The van der Waals surface area contributed by atoms with Gasteiger partial charge >= 0.3 is 0 Å². The number of nitrogens with one attached hydrogen (secondary N) is 1. The number of nitrogens with zero attached hydrogens (tertiary/aromatic N) is 1. The maximum atomic E-state index is 3.69. The van der Waals surface area contributed by atoms with Crippen molar-refractivity contribution in [3.63, 3.8) is 0 Å². The Bertz CT molecular complexity index is 183. The predicted molar refractivity (Wildman–Crippen MR) is 67.2 cm³/mol. The first-order chi connectivity index (χ1) is 6.95. The minimum Gasteiger partial charge on any atom is -0.312 e. The second kappa shape index (κ2) is 5.31. The van der Waals surface area contributed by atoms with Crippen LogP contribution < -0.4 is 5.32 Å². The lowest BCUT2D eigenvalue weighted by atomic mass is 9.97. The number of rotatable bonds is 2. The van der Waals surface area contributed by atoms with Crippen molar-refractivity contribution in [1.29, 1.82) is 0 Å². The van der Waals surface area contributed by atoms with Crippen molar-refractivity contribution < 1.29 is 0 Å². The maximum absolute atomic E-state index is 3.69. The van der Waals surface area contributed by atoms with Crippen LogP contribution in [0.15, 0.2) is 0 Å². The average Bonchev–Trinajstić information content (AvgIpc) is 2.40. The van der Waals surface area contributed by atoms with Crippen molar-refractivity contribution in [1.82, 2.24) is 10.2 Å². The van der Waals surface area contributed by atoms with Gasteiger partial charge in [-0.15, -0.1) is 0 Å². The third-order valence-electron chi connectivity index (χ3n) is 3.71. The lowest BCUT2D eigenvalue weighted by Gasteiger charge is -2.37. The molecule has 1 aliphatic rings. The first-order valence-corrected chi connectivity index (χ1v) is 6.43. The summed E-state index contributed by atoms with van der Waals surface area (Å²) in [6.07, 6.45) is 2.56. The first-order valence-electron chi connectivity index (χ1n) is 6.43. The Balaban J connectivity index is 2.61. The highest BCUT2D eigenvalue weighted by Crippen LogP contribution is 2.19. The highest BCUT2D eigenvalue weighted by atomic mass is 15.2. The molecule has 0 radical (unpaired) electrons. The van der Waals surface area contributed by atoms with Gasteiger partial charge in [-0.05, 0) is 46.2 Å². The molecule has 1 N–H and O–H groups in total. The largest absolute Gasteiger partial charge is 0.312 e. The van der Waals surface area contributed by atoms with Crippen LogP contribution in [-0.4, -0.2) is 36.1 Å². The molecule has 90 valence electrons. The van der Waals surface area contributed by atoms with Crippen LogP contribution in [-0.2, 0) is 0 Å². The summed E-state index contributed by atoms with van der Waals surface area (Å²) in [5.74, 6) is 0.785. The molecule has 0 aliphatic carbocycles. The van der Waals surface area contributed by atoms with E-state index < -0.39 is 0 Å². The zero-order valence-corrected chi connectivity index (χ0v) is 11.1. The van der Waals surface area contributed by atoms with E-state index in [4.69, 9.17) is 0 Å². The molecule has 2 unspecified atom stereocenters. The van der Waals surface area contributed by atoms with Gasteiger partial charge < -0.3 is 5.32 Å². The van der Waals surface area contributed by atoms with Gasteiger partial charge in [0.15, 0.2) is 0 Å².